The predicted molar refractivity (Wildman–Crippen MR) is 64.6 cm³/mol. The van der Waals surface area contributed by atoms with Gasteiger partial charge < -0.3 is 14.9 Å². The molecule has 1 aromatic rings. The molecule has 0 saturated carbocycles. The Morgan fingerprint density at radius 1 is 1.62 bits per heavy atom. The highest BCUT2D eigenvalue weighted by molar-refractivity contribution is 7.98. The molecule has 0 aliphatic heterocycles. The maximum atomic E-state index is 11.3. The van der Waals surface area contributed by atoms with E-state index in [2.05, 4.69) is 4.74 Å². The van der Waals surface area contributed by atoms with Gasteiger partial charge in [-0.2, -0.15) is 11.8 Å². The fraction of sp³-hybridized carbons (Fsp3) is 0.545. The number of methoxy groups -OCH3 is 1. The Morgan fingerprint density at radius 2 is 2.38 bits per heavy atom. The molecule has 1 heterocycles. The van der Waals surface area contributed by atoms with Gasteiger partial charge in [0, 0.05) is 0 Å². The molecule has 90 valence electrons. The number of ether oxygens (including phenoxy) is 1. The number of nitrogens with two attached hydrogens (primary N) is 1. The second-order valence-corrected chi connectivity index (χ2v) is 4.47. The van der Waals surface area contributed by atoms with Gasteiger partial charge >= 0.3 is 5.97 Å². The van der Waals surface area contributed by atoms with Crippen LogP contribution in [-0.4, -0.2) is 25.4 Å². The van der Waals surface area contributed by atoms with Gasteiger partial charge in [-0.25, -0.2) is 4.79 Å². The smallest absolute Gasteiger partial charge is 0.341 e. The molecule has 1 rings (SSSR count). The monoisotopic (exact) mass is 243 g/mol. The zero-order valence-corrected chi connectivity index (χ0v) is 10.4. The number of hydrogen-bond acceptors (Lipinski definition) is 5. The maximum absolute atomic E-state index is 11.3. The summed E-state index contributed by atoms with van der Waals surface area (Å²) in [5.74, 6) is 2.84. The SMILES string of the molecule is COC(=O)c1cc(CSCCCN)oc1C. The number of hydrogen-bond donors (Lipinski definition) is 1. The quantitative estimate of drug-likeness (QED) is 0.611. The molecule has 0 aromatic carbocycles. The minimum absolute atomic E-state index is 0.348. The van der Waals surface area contributed by atoms with Gasteiger partial charge in [0.1, 0.15) is 17.1 Å². The van der Waals surface area contributed by atoms with E-state index in [1.807, 2.05) is 0 Å². The van der Waals surface area contributed by atoms with Crippen LogP contribution in [0.25, 0.3) is 0 Å². The number of thioether (sulfide) groups is 1. The van der Waals surface area contributed by atoms with Crippen LogP contribution in [0.4, 0.5) is 0 Å². The van der Waals surface area contributed by atoms with Gasteiger partial charge in [0.05, 0.1) is 12.9 Å². The van der Waals surface area contributed by atoms with Crippen molar-refractivity contribution in [1.82, 2.24) is 0 Å². The average Bonchev–Trinajstić information content (AvgIpc) is 2.65. The van der Waals surface area contributed by atoms with Crippen molar-refractivity contribution in [3.05, 3.63) is 23.2 Å². The van der Waals surface area contributed by atoms with E-state index in [0.717, 1.165) is 23.7 Å². The highest BCUT2D eigenvalue weighted by atomic mass is 32.2. The molecule has 0 bridgehead atoms. The molecule has 0 atom stereocenters. The zero-order chi connectivity index (χ0) is 12.0. The Bertz CT molecular complexity index is 349. The van der Waals surface area contributed by atoms with E-state index < -0.39 is 0 Å². The molecule has 0 amide bonds. The number of carbonyl (C=O) groups is 1. The molecule has 0 spiro atoms. The van der Waals surface area contributed by atoms with Crippen molar-refractivity contribution in [2.24, 2.45) is 5.73 Å². The summed E-state index contributed by atoms with van der Waals surface area (Å²) in [6, 6.07) is 1.75. The molecule has 0 aliphatic rings. The summed E-state index contributed by atoms with van der Waals surface area (Å²) in [7, 11) is 1.37. The van der Waals surface area contributed by atoms with Crippen LogP contribution < -0.4 is 5.73 Å². The molecular weight excluding hydrogens is 226 g/mol. The van der Waals surface area contributed by atoms with Crippen LogP contribution in [0.15, 0.2) is 10.5 Å². The minimum Gasteiger partial charge on any atom is -0.465 e. The third-order valence-electron chi connectivity index (χ3n) is 2.11. The van der Waals surface area contributed by atoms with Crippen LogP contribution in [-0.2, 0) is 10.5 Å². The first kappa shape index (κ1) is 13.1. The third-order valence-corrected chi connectivity index (χ3v) is 3.18. The van der Waals surface area contributed by atoms with Gasteiger partial charge in [-0.05, 0) is 31.7 Å². The number of carbonyl (C=O) groups excluding carboxylic acids is 1. The number of aryl methyl sites for hydroxylation is 1. The standard InChI is InChI=1S/C11H17NO3S/c1-8-10(11(13)14-2)6-9(15-8)7-16-5-3-4-12/h6H,3-5,7,12H2,1-2H3. The second kappa shape index (κ2) is 6.60. The predicted octanol–water partition coefficient (Wildman–Crippen LogP) is 1.96. The Hall–Kier alpha value is -0.940. The summed E-state index contributed by atoms with van der Waals surface area (Å²) < 4.78 is 10.1. The summed E-state index contributed by atoms with van der Waals surface area (Å²) in [4.78, 5) is 11.3. The average molecular weight is 243 g/mol. The first-order valence-electron chi connectivity index (χ1n) is 5.14. The molecule has 4 nitrogen and oxygen atoms in total. The van der Waals surface area contributed by atoms with Gasteiger partial charge in [-0.1, -0.05) is 0 Å². The molecule has 2 N–H and O–H groups in total. The lowest BCUT2D eigenvalue weighted by Crippen LogP contribution is -2.00. The minimum atomic E-state index is -0.348. The fourth-order valence-electron chi connectivity index (χ4n) is 1.29. The fourth-order valence-corrected chi connectivity index (χ4v) is 2.14. The molecule has 0 saturated heterocycles. The van der Waals surface area contributed by atoms with E-state index in [1.165, 1.54) is 7.11 Å². The van der Waals surface area contributed by atoms with Crippen molar-refractivity contribution in [2.45, 2.75) is 19.1 Å². The second-order valence-electron chi connectivity index (χ2n) is 3.37. The Labute approximate surface area is 99.5 Å². The van der Waals surface area contributed by atoms with Crippen LogP contribution in [0.2, 0.25) is 0 Å². The Morgan fingerprint density at radius 3 is 3.00 bits per heavy atom. The molecule has 1 aromatic heterocycles. The summed E-state index contributed by atoms with van der Waals surface area (Å²) in [6.07, 6.45) is 0.994. The van der Waals surface area contributed by atoms with Crippen molar-refractivity contribution in [1.29, 1.82) is 0 Å². The lowest BCUT2D eigenvalue weighted by atomic mass is 10.2. The van der Waals surface area contributed by atoms with Crippen LogP contribution in [0, 0.1) is 6.92 Å². The molecule has 0 aliphatic carbocycles. The lowest BCUT2D eigenvalue weighted by Gasteiger charge is -1.96. The van der Waals surface area contributed by atoms with E-state index in [9.17, 15) is 4.79 Å². The molecule has 0 fully saturated rings. The highest BCUT2D eigenvalue weighted by Crippen LogP contribution is 2.20. The van der Waals surface area contributed by atoms with Gasteiger partial charge in [-0.15, -0.1) is 0 Å². The van der Waals surface area contributed by atoms with E-state index in [-0.39, 0.29) is 5.97 Å². The third kappa shape index (κ3) is 3.57. The van der Waals surface area contributed by atoms with Gasteiger partial charge in [-0.3, -0.25) is 0 Å². The maximum Gasteiger partial charge on any atom is 0.341 e. The van der Waals surface area contributed by atoms with E-state index in [4.69, 9.17) is 10.2 Å². The Kier molecular flexibility index (Phi) is 5.42. The van der Waals surface area contributed by atoms with Crippen molar-refractivity contribution in [3.63, 3.8) is 0 Å². The Balaban J connectivity index is 2.52. The molecule has 0 radical (unpaired) electrons. The van der Waals surface area contributed by atoms with E-state index in [1.54, 1.807) is 24.8 Å². The molecule has 16 heavy (non-hydrogen) atoms. The molecule has 5 heteroatoms. The first-order chi connectivity index (χ1) is 7.69. The molecule has 0 unspecified atom stereocenters. The van der Waals surface area contributed by atoms with Gasteiger partial charge in [0.15, 0.2) is 0 Å². The lowest BCUT2D eigenvalue weighted by molar-refractivity contribution is 0.0599. The molecular formula is C11H17NO3S. The van der Waals surface area contributed by atoms with E-state index >= 15 is 0 Å². The topological polar surface area (TPSA) is 65.5 Å². The van der Waals surface area contributed by atoms with Gasteiger partial charge in [0.2, 0.25) is 0 Å². The summed E-state index contributed by atoms with van der Waals surface area (Å²) in [6.45, 7) is 2.47. The van der Waals surface area contributed by atoms with Crippen LogP contribution in [0.3, 0.4) is 0 Å². The number of esters is 1. The summed E-state index contributed by atoms with van der Waals surface area (Å²) in [5.41, 5.74) is 5.91. The summed E-state index contributed by atoms with van der Waals surface area (Å²) >= 11 is 1.75. The van der Waals surface area contributed by atoms with Crippen molar-refractivity contribution in [3.8, 4) is 0 Å². The largest absolute Gasteiger partial charge is 0.465 e. The normalized spacial score (nSPS) is 10.4. The van der Waals surface area contributed by atoms with Crippen LogP contribution in [0.1, 0.15) is 28.3 Å². The van der Waals surface area contributed by atoms with E-state index in [0.29, 0.717) is 17.9 Å². The number of rotatable bonds is 6. The van der Waals surface area contributed by atoms with Crippen LogP contribution >= 0.6 is 11.8 Å². The first-order valence-corrected chi connectivity index (χ1v) is 6.30. The van der Waals surface area contributed by atoms with Gasteiger partial charge in [0.25, 0.3) is 0 Å². The number of furan rings is 1. The van der Waals surface area contributed by atoms with Crippen molar-refractivity contribution < 1.29 is 13.9 Å². The zero-order valence-electron chi connectivity index (χ0n) is 9.62. The van der Waals surface area contributed by atoms with Crippen molar-refractivity contribution >= 4 is 17.7 Å². The van der Waals surface area contributed by atoms with Crippen molar-refractivity contribution in [2.75, 3.05) is 19.4 Å². The summed E-state index contributed by atoms with van der Waals surface area (Å²) in [5, 5.41) is 0. The highest BCUT2D eigenvalue weighted by Gasteiger charge is 2.14. The van der Waals surface area contributed by atoms with Crippen LogP contribution in [0.5, 0.6) is 0 Å².